The Hall–Kier alpha value is -0.290. The molecule has 2 saturated carbocycles. The van der Waals surface area contributed by atoms with Crippen LogP contribution in [0.4, 0.5) is 13.2 Å². The maximum absolute atomic E-state index is 12.7. The molecular weight excluding hydrogens is 255 g/mol. The van der Waals surface area contributed by atoms with Gasteiger partial charge in [0.2, 0.25) is 0 Å². The van der Waals surface area contributed by atoms with Crippen molar-refractivity contribution in [2.75, 3.05) is 13.1 Å². The van der Waals surface area contributed by atoms with Crippen LogP contribution < -0.4 is 0 Å². The van der Waals surface area contributed by atoms with Crippen LogP contribution in [0.3, 0.4) is 0 Å². The summed E-state index contributed by atoms with van der Waals surface area (Å²) in [6.07, 6.45) is 1.85. The standard InChI is InChI=1S/C14H24F3NO/c1-2-18(10-14(15,16)17)12-9-11(19)5-8-13(12)6-3-4-7-13/h11-12,19H,2-10H2,1H3. The van der Waals surface area contributed by atoms with Crippen LogP contribution in [-0.4, -0.2) is 41.4 Å². The molecule has 2 unspecified atom stereocenters. The van der Waals surface area contributed by atoms with E-state index in [1.54, 1.807) is 11.8 Å². The minimum atomic E-state index is -4.15. The number of aliphatic hydroxyl groups is 1. The number of alkyl halides is 3. The van der Waals surface area contributed by atoms with Crippen molar-refractivity contribution >= 4 is 0 Å². The zero-order valence-corrected chi connectivity index (χ0v) is 11.5. The molecule has 0 aliphatic heterocycles. The molecule has 0 saturated heterocycles. The van der Waals surface area contributed by atoms with Crippen molar-refractivity contribution in [3.05, 3.63) is 0 Å². The largest absolute Gasteiger partial charge is 0.401 e. The smallest absolute Gasteiger partial charge is 0.393 e. The fourth-order valence-electron chi connectivity index (χ4n) is 4.12. The van der Waals surface area contributed by atoms with Crippen molar-refractivity contribution in [3.63, 3.8) is 0 Å². The molecule has 1 spiro atoms. The van der Waals surface area contributed by atoms with E-state index in [0.29, 0.717) is 13.0 Å². The monoisotopic (exact) mass is 279 g/mol. The molecule has 0 aromatic heterocycles. The van der Waals surface area contributed by atoms with Crippen molar-refractivity contribution in [2.24, 2.45) is 5.41 Å². The van der Waals surface area contributed by atoms with Gasteiger partial charge >= 0.3 is 6.18 Å². The Morgan fingerprint density at radius 2 is 1.84 bits per heavy atom. The number of hydrogen-bond acceptors (Lipinski definition) is 2. The summed E-state index contributed by atoms with van der Waals surface area (Å²) in [5.41, 5.74) is 0.0283. The van der Waals surface area contributed by atoms with Gasteiger partial charge in [0.1, 0.15) is 0 Å². The minimum Gasteiger partial charge on any atom is -0.393 e. The second-order valence-electron chi connectivity index (χ2n) is 6.19. The molecule has 0 radical (unpaired) electrons. The third kappa shape index (κ3) is 3.43. The minimum absolute atomic E-state index is 0.0283. The molecule has 112 valence electrons. The van der Waals surface area contributed by atoms with E-state index < -0.39 is 18.8 Å². The molecule has 2 aliphatic carbocycles. The lowest BCUT2D eigenvalue weighted by atomic mass is 9.67. The van der Waals surface area contributed by atoms with Crippen LogP contribution >= 0.6 is 0 Å². The summed E-state index contributed by atoms with van der Waals surface area (Å²) in [4.78, 5) is 1.55. The molecule has 2 aliphatic rings. The van der Waals surface area contributed by atoms with Gasteiger partial charge in [0.25, 0.3) is 0 Å². The van der Waals surface area contributed by atoms with E-state index in [4.69, 9.17) is 0 Å². The fourth-order valence-corrected chi connectivity index (χ4v) is 4.12. The van der Waals surface area contributed by atoms with Gasteiger partial charge in [0.05, 0.1) is 12.6 Å². The van der Waals surface area contributed by atoms with Gasteiger partial charge in [-0.05, 0) is 44.1 Å². The Kier molecular flexibility index (Phi) is 4.45. The Balaban J connectivity index is 2.15. The first-order chi connectivity index (χ1) is 8.86. The number of aliphatic hydroxyl groups excluding tert-OH is 1. The zero-order valence-electron chi connectivity index (χ0n) is 11.5. The molecule has 2 atom stereocenters. The lowest BCUT2D eigenvalue weighted by Crippen LogP contribution is -2.53. The quantitative estimate of drug-likeness (QED) is 0.856. The maximum Gasteiger partial charge on any atom is 0.401 e. The average molecular weight is 279 g/mol. The van der Waals surface area contributed by atoms with Crippen LogP contribution in [0.2, 0.25) is 0 Å². The first-order valence-electron chi connectivity index (χ1n) is 7.35. The Labute approximate surface area is 113 Å². The SMILES string of the molecule is CCN(CC(F)(F)F)C1CC(O)CCC12CCCC2. The third-order valence-electron chi connectivity index (χ3n) is 5.01. The summed E-state index contributed by atoms with van der Waals surface area (Å²) in [5.74, 6) is 0. The third-order valence-corrected chi connectivity index (χ3v) is 5.01. The van der Waals surface area contributed by atoms with E-state index in [1.165, 1.54) is 0 Å². The molecule has 0 amide bonds. The van der Waals surface area contributed by atoms with E-state index in [0.717, 1.165) is 38.5 Å². The molecule has 0 aromatic rings. The topological polar surface area (TPSA) is 23.5 Å². The van der Waals surface area contributed by atoms with E-state index in [-0.39, 0.29) is 11.5 Å². The molecule has 2 nitrogen and oxygen atoms in total. The molecule has 0 bridgehead atoms. The fraction of sp³-hybridized carbons (Fsp3) is 1.00. The van der Waals surface area contributed by atoms with Crippen molar-refractivity contribution in [1.82, 2.24) is 4.90 Å². The van der Waals surface area contributed by atoms with Crippen molar-refractivity contribution in [3.8, 4) is 0 Å². The van der Waals surface area contributed by atoms with Gasteiger partial charge in [-0.1, -0.05) is 19.8 Å². The normalized spacial score (nSPS) is 31.3. The first-order valence-corrected chi connectivity index (χ1v) is 7.35. The Morgan fingerprint density at radius 1 is 1.21 bits per heavy atom. The molecule has 5 heteroatoms. The number of halogens is 3. The zero-order chi connectivity index (χ0) is 14.1. The van der Waals surface area contributed by atoms with Gasteiger partial charge in [0, 0.05) is 6.04 Å². The number of nitrogens with zero attached hydrogens (tertiary/aromatic N) is 1. The molecule has 1 N–H and O–H groups in total. The molecule has 2 rings (SSSR count). The van der Waals surface area contributed by atoms with Gasteiger partial charge < -0.3 is 5.11 Å². The predicted molar refractivity (Wildman–Crippen MR) is 67.8 cm³/mol. The van der Waals surface area contributed by atoms with Crippen LogP contribution in [0.25, 0.3) is 0 Å². The van der Waals surface area contributed by atoms with Crippen LogP contribution in [0.1, 0.15) is 51.9 Å². The van der Waals surface area contributed by atoms with Gasteiger partial charge in [0.15, 0.2) is 0 Å². The highest BCUT2D eigenvalue weighted by Gasteiger charge is 2.48. The molecule has 19 heavy (non-hydrogen) atoms. The van der Waals surface area contributed by atoms with Crippen LogP contribution in [0, 0.1) is 5.41 Å². The maximum atomic E-state index is 12.7. The van der Waals surface area contributed by atoms with Gasteiger partial charge in [-0.2, -0.15) is 13.2 Å². The number of rotatable bonds is 3. The summed E-state index contributed by atoms with van der Waals surface area (Å²) in [6.45, 7) is 1.34. The lowest BCUT2D eigenvalue weighted by molar-refractivity contribution is -0.162. The lowest BCUT2D eigenvalue weighted by Gasteiger charge is -2.48. The summed E-state index contributed by atoms with van der Waals surface area (Å²) in [6, 6.07) is -0.106. The summed E-state index contributed by atoms with van der Waals surface area (Å²) in [7, 11) is 0. The van der Waals surface area contributed by atoms with Crippen LogP contribution in [0.15, 0.2) is 0 Å². The Morgan fingerprint density at radius 3 is 2.37 bits per heavy atom. The first kappa shape index (κ1) is 15.1. The van der Waals surface area contributed by atoms with E-state index in [1.807, 2.05) is 0 Å². The van der Waals surface area contributed by atoms with E-state index in [2.05, 4.69) is 0 Å². The van der Waals surface area contributed by atoms with Crippen LogP contribution in [0.5, 0.6) is 0 Å². The Bertz CT molecular complexity index is 300. The van der Waals surface area contributed by atoms with Gasteiger partial charge in [-0.3, -0.25) is 4.90 Å². The number of hydrogen-bond donors (Lipinski definition) is 1. The molecule has 2 fully saturated rings. The van der Waals surface area contributed by atoms with E-state index in [9.17, 15) is 18.3 Å². The molecular formula is C14H24F3NO. The summed E-state index contributed by atoms with van der Waals surface area (Å²) in [5, 5.41) is 9.86. The van der Waals surface area contributed by atoms with Gasteiger partial charge in [-0.15, -0.1) is 0 Å². The van der Waals surface area contributed by atoms with Crippen molar-refractivity contribution in [2.45, 2.75) is 70.2 Å². The molecule has 0 aromatic carbocycles. The predicted octanol–water partition coefficient (Wildman–Crippen LogP) is 3.34. The second-order valence-corrected chi connectivity index (χ2v) is 6.19. The van der Waals surface area contributed by atoms with E-state index >= 15 is 0 Å². The molecule has 0 heterocycles. The van der Waals surface area contributed by atoms with Gasteiger partial charge in [-0.25, -0.2) is 0 Å². The highest BCUT2D eigenvalue weighted by Crippen LogP contribution is 2.51. The van der Waals surface area contributed by atoms with Crippen LogP contribution in [-0.2, 0) is 0 Å². The average Bonchev–Trinajstić information content (AvgIpc) is 2.78. The second kappa shape index (κ2) is 5.60. The summed E-state index contributed by atoms with van der Waals surface area (Å²) >= 11 is 0. The summed E-state index contributed by atoms with van der Waals surface area (Å²) < 4.78 is 38.1. The van der Waals surface area contributed by atoms with Crippen molar-refractivity contribution < 1.29 is 18.3 Å². The highest BCUT2D eigenvalue weighted by molar-refractivity contribution is 5.00. The van der Waals surface area contributed by atoms with Crippen molar-refractivity contribution in [1.29, 1.82) is 0 Å². The highest BCUT2D eigenvalue weighted by atomic mass is 19.4.